The van der Waals surface area contributed by atoms with E-state index in [1.807, 2.05) is 7.05 Å². The number of hydrogen-bond donors (Lipinski definition) is 1. The average Bonchev–Trinajstić information content (AvgIpc) is 2.40. The summed E-state index contributed by atoms with van der Waals surface area (Å²) in [5.41, 5.74) is -0.339. The van der Waals surface area contributed by atoms with Gasteiger partial charge in [0.1, 0.15) is 11.9 Å². The lowest BCUT2D eigenvalue weighted by Crippen LogP contribution is -2.39. The Morgan fingerprint density at radius 1 is 1.44 bits per heavy atom. The Bertz CT molecular complexity index is 436. The van der Waals surface area contributed by atoms with Gasteiger partial charge in [-0.15, -0.1) is 0 Å². The van der Waals surface area contributed by atoms with Crippen molar-refractivity contribution in [3.8, 4) is 0 Å². The van der Waals surface area contributed by atoms with Crippen LogP contribution in [0.2, 0.25) is 0 Å². The predicted molar refractivity (Wildman–Crippen MR) is 66.3 cm³/mol. The maximum atomic E-state index is 11.5. The summed E-state index contributed by atoms with van der Waals surface area (Å²) in [5, 5.41) is 5.09. The van der Waals surface area contributed by atoms with Crippen LogP contribution < -0.4 is 5.14 Å². The van der Waals surface area contributed by atoms with Crippen LogP contribution in [0.3, 0.4) is 0 Å². The third-order valence-electron chi connectivity index (χ3n) is 4.04. The Balaban J connectivity index is 2.19. The molecule has 2 atom stereocenters. The second-order valence-corrected chi connectivity index (χ2v) is 7.16. The van der Waals surface area contributed by atoms with Crippen LogP contribution in [-0.2, 0) is 19.6 Å². The molecule has 0 aromatic carbocycles. The molecule has 2 N–H and O–H groups in total. The van der Waals surface area contributed by atoms with Gasteiger partial charge in [-0.3, -0.25) is 4.79 Å². The number of nitrogens with two attached hydrogens (primary N) is 1. The molecular formula is C11H20N2O4S. The zero-order chi connectivity index (χ0) is 13.4. The highest BCUT2D eigenvalue weighted by Crippen LogP contribution is 2.44. The molecule has 104 valence electrons. The molecule has 0 aromatic rings. The number of carbonyl (C=O) groups excluding carboxylic acids is 1. The summed E-state index contributed by atoms with van der Waals surface area (Å²) in [6, 6.07) is 0. The zero-order valence-corrected chi connectivity index (χ0v) is 11.4. The summed E-state index contributed by atoms with van der Waals surface area (Å²) in [5.74, 6) is -0.559. The molecule has 0 radical (unpaired) electrons. The molecule has 0 amide bonds. The third-order valence-corrected chi connectivity index (χ3v) is 4.81. The molecule has 18 heavy (non-hydrogen) atoms. The van der Waals surface area contributed by atoms with Gasteiger partial charge in [-0.05, 0) is 39.4 Å². The lowest BCUT2D eigenvalue weighted by Gasteiger charge is -2.30. The van der Waals surface area contributed by atoms with Gasteiger partial charge in [0.2, 0.25) is 10.0 Å². The van der Waals surface area contributed by atoms with E-state index in [0.717, 1.165) is 32.4 Å². The maximum absolute atomic E-state index is 11.5. The monoisotopic (exact) mass is 276 g/mol. The van der Waals surface area contributed by atoms with E-state index in [1.165, 1.54) is 0 Å². The number of nitrogens with zero attached hydrogens (tertiary/aromatic N) is 1. The SMILES string of the molecule is CN1CCCC2(CC1)CC(=O)OC2CS(N)(=O)=O. The van der Waals surface area contributed by atoms with E-state index in [1.54, 1.807) is 0 Å². The molecule has 2 fully saturated rings. The fourth-order valence-corrected chi connectivity index (χ4v) is 3.84. The molecule has 2 aliphatic heterocycles. The van der Waals surface area contributed by atoms with Gasteiger partial charge < -0.3 is 9.64 Å². The van der Waals surface area contributed by atoms with E-state index >= 15 is 0 Å². The number of primary sulfonamides is 1. The number of esters is 1. The van der Waals surface area contributed by atoms with Crippen molar-refractivity contribution in [2.24, 2.45) is 10.6 Å². The topological polar surface area (TPSA) is 89.7 Å². The van der Waals surface area contributed by atoms with Crippen LogP contribution in [0.15, 0.2) is 0 Å². The van der Waals surface area contributed by atoms with Gasteiger partial charge in [0.25, 0.3) is 0 Å². The first kappa shape index (κ1) is 13.8. The van der Waals surface area contributed by atoms with Crippen molar-refractivity contribution in [3.63, 3.8) is 0 Å². The quantitative estimate of drug-likeness (QED) is 0.699. The van der Waals surface area contributed by atoms with Crippen molar-refractivity contribution in [1.29, 1.82) is 0 Å². The molecule has 6 nitrogen and oxygen atoms in total. The Morgan fingerprint density at radius 2 is 2.17 bits per heavy atom. The van der Waals surface area contributed by atoms with Crippen LogP contribution in [0.25, 0.3) is 0 Å². The average molecular weight is 276 g/mol. The van der Waals surface area contributed by atoms with Crippen molar-refractivity contribution in [2.75, 3.05) is 25.9 Å². The number of hydrogen-bond acceptors (Lipinski definition) is 5. The van der Waals surface area contributed by atoms with Gasteiger partial charge in [-0.1, -0.05) is 0 Å². The van der Waals surface area contributed by atoms with Crippen molar-refractivity contribution in [3.05, 3.63) is 0 Å². The van der Waals surface area contributed by atoms with Crippen LogP contribution in [0.4, 0.5) is 0 Å². The van der Waals surface area contributed by atoms with Gasteiger partial charge in [0.15, 0.2) is 0 Å². The van der Waals surface area contributed by atoms with Gasteiger partial charge >= 0.3 is 5.97 Å². The van der Waals surface area contributed by atoms with E-state index in [9.17, 15) is 13.2 Å². The Morgan fingerprint density at radius 3 is 2.83 bits per heavy atom. The molecule has 2 rings (SSSR count). The molecule has 0 aromatic heterocycles. The molecule has 2 heterocycles. The fourth-order valence-electron chi connectivity index (χ4n) is 3.00. The molecule has 2 saturated heterocycles. The minimum Gasteiger partial charge on any atom is -0.461 e. The van der Waals surface area contributed by atoms with Crippen molar-refractivity contribution < 1.29 is 17.9 Å². The molecule has 2 aliphatic rings. The highest BCUT2D eigenvalue weighted by atomic mass is 32.2. The van der Waals surface area contributed by atoms with Crippen LogP contribution in [0.1, 0.15) is 25.7 Å². The summed E-state index contributed by atoms with van der Waals surface area (Å²) in [7, 11) is -1.59. The van der Waals surface area contributed by atoms with Gasteiger partial charge in [-0.25, -0.2) is 13.6 Å². The summed E-state index contributed by atoms with van der Waals surface area (Å²) >= 11 is 0. The predicted octanol–water partition coefficient (Wildman–Crippen LogP) is -0.307. The maximum Gasteiger partial charge on any atom is 0.306 e. The summed E-state index contributed by atoms with van der Waals surface area (Å²) in [4.78, 5) is 13.7. The summed E-state index contributed by atoms with van der Waals surface area (Å²) in [6.45, 7) is 1.83. The number of rotatable bonds is 2. The molecule has 0 bridgehead atoms. The number of carbonyl (C=O) groups is 1. The largest absolute Gasteiger partial charge is 0.461 e. The molecule has 1 spiro atoms. The molecule has 0 saturated carbocycles. The third kappa shape index (κ3) is 3.02. The smallest absolute Gasteiger partial charge is 0.306 e. The minimum atomic E-state index is -3.62. The number of cyclic esters (lactones) is 1. The second kappa shape index (κ2) is 4.79. The van der Waals surface area contributed by atoms with Crippen molar-refractivity contribution in [2.45, 2.75) is 31.8 Å². The first-order chi connectivity index (χ1) is 8.31. The molecular weight excluding hydrogens is 256 g/mol. The highest BCUT2D eigenvalue weighted by molar-refractivity contribution is 7.89. The van der Waals surface area contributed by atoms with Gasteiger partial charge in [0.05, 0.1) is 6.42 Å². The van der Waals surface area contributed by atoms with Crippen molar-refractivity contribution >= 4 is 16.0 Å². The van der Waals surface area contributed by atoms with Crippen LogP contribution in [0, 0.1) is 5.41 Å². The Labute approximate surface area is 108 Å². The standard InChI is InChI=1S/C11H20N2O4S/c1-13-5-2-3-11(4-6-13)7-10(14)17-9(11)8-18(12,15)16/h9H,2-8H2,1H3,(H2,12,15,16). The number of likely N-dealkylation sites (tertiary alicyclic amines) is 1. The Hall–Kier alpha value is -0.660. The zero-order valence-electron chi connectivity index (χ0n) is 10.6. The number of ether oxygens (including phenoxy) is 1. The van der Waals surface area contributed by atoms with E-state index in [4.69, 9.17) is 9.88 Å². The molecule has 0 aliphatic carbocycles. The number of sulfonamides is 1. The van der Waals surface area contributed by atoms with E-state index < -0.39 is 16.1 Å². The van der Waals surface area contributed by atoms with E-state index in [2.05, 4.69) is 4.90 Å². The Kier molecular flexibility index (Phi) is 3.66. The summed E-state index contributed by atoms with van der Waals surface area (Å²) in [6.07, 6.45) is 2.31. The van der Waals surface area contributed by atoms with Gasteiger partial charge in [0, 0.05) is 5.41 Å². The normalized spacial score (nSPS) is 34.6. The van der Waals surface area contributed by atoms with Crippen LogP contribution >= 0.6 is 0 Å². The van der Waals surface area contributed by atoms with E-state index in [-0.39, 0.29) is 17.1 Å². The van der Waals surface area contributed by atoms with Crippen LogP contribution in [0.5, 0.6) is 0 Å². The minimum absolute atomic E-state index is 0.261. The van der Waals surface area contributed by atoms with Crippen molar-refractivity contribution in [1.82, 2.24) is 4.90 Å². The fraction of sp³-hybridized carbons (Fsp3) is 0.909. The summed E-state index contributed by atoms with van der Waals surface area (Å²) < 4.78 is 27.7. The first-order valence-corrected chi connectivity index (χ1v) is 7.91. The van der Waals surface area contributed by atoms with Crippen LogP contribution in [-0.4, -0.2) is 51.3 Å². The van der Waals surface area contributed by atoms with E-state index in [0.29, 0.717) is 6.42 Å². The second-order valence-electron chi connectivity index (χ2n) is 5.50. The lowest BCUT2D eigenvalue weighted by molar-refractivity contribution is -0.141. The first-order valence-electron chi connectivity index (χ1n) is 6.19. The highest BCUT2D eigenvalue weighted by Gasteiger charge is 2.50. The molecule has 2 unspecified atom stereocenters. The lowest BCUT2D eigenvalue weighted by atomic mass is 9.75. The molecule has 7 heteroatoms. The van der Waals surface area contributed by atoms with Gasteiger partial charge in [-0.2, -0.15) is 0 Å².